The largest absolute Gasteiger partial charge is 0.472 e. The lowest BCUT2D eigenvalue weighted by atomic mass is 10.2. The van der Waals surface area contributed by atoms with E-state index in [-0.39, 0.29) is 6.03 Å². The van der Waals surface area contributed by atoms with E-state index in [1.807, 2.05) is 30.5 Å². The first-order chi connectivity index (χ1) is 10.7. The van der Waals surface area contributed by atoms with E-state index in [1.165, 1.54) is 11.3 Å². The van der Waals surface area contributed by atoms with Crippen molar-refractivity contribution in [2.45, 2.75) is 13.5 Å². The Kier molecular flexibility index (Phi) is 4.15. The van der Waals surface area contributed by atoms with Crippen LogP contribution in [0.1, 0.15) is 11.3 Å². The summed E-state index contributed by atoms with van der Waals surface area (Å²) in [5.41, 5.74) is 3.56. The minimum Gasteiger partial charge on any atom is -0.472 e. The number of rotatable bonds is 4. The first-order valence-corrected chi connectivity index (χ1v) is 7.53. The molecule has 0 atom stereocenters. The van der Waals surface area contributed by atoms with Crippen molar-refractivity contribution < 1.29 is 9.21 Å². The summed E-state index contributed by atoms with van der Waals surface area (Å²) in [4.78, 5) is 20.3. The van der Waals surface area contributed by atoms with Crippen LogP contribution in [-0.4, -0.2) is 16.0 Å². The van der Waals surface area contributed by atoms with E-state index in [4.69, 9.17) is 4.42 Å². The SMILES string of the molecule is Cc1csc(NC(=O)NCc2ccc(-c3ccoc3)nc2)n1. The third-order valence-corrected chi connectivity index (χ3v) is 3.81. The molecule has 0 bridgehead atoms. The second-order valence-electron chi connectivity index (χ2n) is 4.67. The van der Waals surface area contributed by atoms with Gasteiger partial charge in [0.25, 0.3) is 0 Å². The van der Waals surface area contributed by atoms with Crippen LogP contribution < -0.4 is 10.6 Å². The molecule has 2 N–H and O–H groups in total. The van der Waals surface area contributed by atoms with E-state index in [2.05, 4.69) is 20.6 Å². The van der Waals surface area contributed by atoms with Crippen molar-refractivity contribution in [3.8, 4) is 11.3 Å². The van der Waals surface area contributed by atoms with Crippen LogP contribution in [0.5, 0.6) is 0 Å². The molecule has 0 spiro atoms. The van der Waals surface area contributed by atoms with Crippen LogP contribution >= 0.6 is 11.3 Å². The molecule has 7 heteroatoms. The second kappa shape index (κ2) is 6.40. The van der Waals surface area contributed by atoms with Crippen LogP contribution in [0.2, 0.25) is 0 Å². The summed E-state index contributed by atoms with van der Waals surface area (Å²) in [5.74, 6) is 0. The molecule has 112 valence electrons. The first kappa shape index (κ1) is 14.3. The number of amides is 2. The number of carbonyl (C=O) groups is 1. The van der Waals surface area contributed by atoms with Gasteiger partial charge in [0.1, 0.15) is 0 Å². The fourth-order valence-corrected chi connectivity index (χ4v) is 2.53. The molecule has 3 aromatic heterocycles. The molecule has 22 heavy (non-hydrogen) atoms. The number of hydrogen-bond donors (Lipinski definition) is 2. The van der Waals surface area contributed by atoms with Crippen molar-refractivity contribution >= 4 is 22.5 Å². The summed E-state index contributed by atoms with van der Waals surface area (Å²) >= 11 is 1.40. The molecule has 0 aliphatic heterocycles. The Morgan fingerprint density at radius 3 is 2.91 bits per heavy atom. The predicted octanol–water partition coefficient (Wildman–Crippen LogP) is 3.43. The summed E-state index contributed by atoms with van der Waals surface area (Å²) in [6.45, 7) is 2.28. The standard InChI is InChI=1S/C15H14N4O2S/c1-10-9-22-15(18-10)19-14(20)17-7-11-2-3-13(16-6-11)12-4-5-21-8-12/h2-6,8-9H,7H2,1H3,(H2,17,18,19,20). The number of thiazole rings is 1. The highest BCUT2D eigenvalue weighted by atomic mass is 32.1. The molecule has 3 aromatic rings. The Hall–Kier alpha value is -2.67. The minimum absolute atomic E-state index is 0.284. The van der Waals surface area contributed by atoms with Gasteiger partial charge in [-0.25, -0.2) is 9.78 Å². The Morgan fingerprint density at radius 2 is 2.27 bits per heavy atom. The molecule has 3 heterocycles. The molecule has 0 fully saturated rings. The van der Waals surface area contributed by atoms with Crippen LogP contribution in [0.4, 0.5) is 9.93 Å². The highest BCUT2D eigenvalue weighted by Crippen LogP contribution is 2.17. The lowest BCUT2D eigenvalue weighted by Crippen LogP contribution is -2.28. The van der Waals surface area contributed by atoms with E-state index >= 15 is 0 Å². The number of aromatic nitrogens is 2. The number of furan rings is 1. The van der Waals surface area contributed by atoms with Gasteiger partial charge in [-0.2, -0.15) is 0 Å². The number of hydrogen-bond acceptors (Lipinski definition) is 5. The zero-order chi connectivity index (χ0) is 15.4. The molecule has 3 rings (SSSR count). The van der Waals surface area contributed by atoms with E-state index < -0.39 is 0 Å². The number of urea groups is 1. The van der Waals surface area contributed by atoms with Crippen LogP contribution in [0.25, 0.3) is 11.3 Å². The summed E-state index contributed by atoms with van der Waals surface area (Å²) in [5, 5.41) is 7.93. The minimum atomic E-state index is -0.284. The fraction of sp³-hybridized carbons (Fsp3) is 0.133. The fourth-order valence-electron chi connectivity index (χ4n) is 1.85. The van der Waals surface area contributed by atoms with Crippen molar-refractivity contribution in [2.24, 2.45) is 0 Å². The maximum atomic E-state index is 11.8. The smallest absolute Gasteiger partial charge is 0.321 e. The molecule has 2 amide bonds. The quantitative estimate of drug-likeness (QED) is 0.773. The van der Waals surface area contributed by atoms with E-state index in [0.29, 0.717) is 11.7 Å². The first-order valence-electron chi connectivity index (χ1n) is 6.65. The van der Waals surface area contributed by atoms with Crippen LogP contribution in [0.15, 0.2) is 46.7 Å². The van der Waals surface area contributed by atoms with Crippen molar-refractivity contribution in [1.82, 2.24) is 15.3 Å². The number of pyridine rings is 1. The average molecular weight is 314 g/mol. The zero-order valence-electron chi connectivity index (χ0n) is 11.9. The Balaban J connectivity index is 1.54. The molecule has 0 aliphatic carbocycles. The van der Waals surface area contributed by atoms with Crippen LogP contribution in [-0.2, 0) is 6.54 Å². The molecular weight excluding hydrogens is 300 g/mol. The maximum Gasteiger partial charge on any atom is 0.321 e. The van der Waals surface area contributed by atoms with E-state index in [9.17, 15) is 4.79 Å². The number of nitrogens with zero attached hydrogens (tertiary/aromatic N) is 2. The molecule has 0 saturated heterocycles. The van der Waals surface area contributed by atoms with Gasteiger partial charge >= 0.3 is 6.03 Å². The topological polar surface area (TPSA) is 80.0 Å². The van der Waals surface area contributed by atoms with E-state index in [1.54, 1.807) is 18.7 Å². The highest BCUT2D eigenvalue weighted by molar-refractivity contribution is 7.13. The molecule has 0 unspecified atom stereocenters. The second-order valence-corrected chi connectivity index (χ2v) is 5.52. The number of carbonyl (C=O) groups excluding carboxylic acids is 1. The van der Waals surface area contributed by atoms with Gasteiger partial charge in [-0.15, -0.1) is 11.3 Å². The van der Waals surface area contributed by atoms with Crippen molar-refractivity contribution in [3.05, 3.63) is 53.6 Å². The molecule has 0 aliphatic rings. The molecule has 6 nitrogen and oxygen atoms in total. The van der Waals surface area contributed by atoms with Crippen LogP contribution in [0.3, 0.4) is 0 Å². The third-order valence-electron chi connectivity index (χ3n) is 2.93. The van der Waals surface area contributed by atoms with Crippen molar-refractivity contribution in [3.63, 3.8) is 0 Å². The third kappa shape index (κ3) is 3.50. The number of aryl methyl sites for hydroxylation is 1. The van der Waals surface area contributed by atoms with Gasteiger partial charge in [0, 0.05) is 23.7 Å². The monoisotopic (exact) mass is 314 g/mol. The predicted molar refractivity (Wildman–Crippen MR) is 84.6 cm³/mol. The van der Waals surface area contributed by atoms with Gasteiger partial charge < -0.3 is 9.73 Å². The Labute approximate surface area is 131 Å². The number of anilines is 1. The van der Waals surface area contributed by atoms with Gasteiger partial charge in [-0.1, -0.05) is 6.07 Å². The lowest BCUT2D eigenvalue weighted by molar-refractivity contribution is 0.251. The van der Waals surface area contributed by atoms with E-state index in [0.717, 1.165) is 22.5 Å². The molecular formula is C15H14N4O2S. The van der Waals surface area contributed by atoms with Gasteiger partial charge in [-0.3, -0.25) is 10.3 Å². The van der Waals surface area contributed by atoms with Gasteiger partial charge in [0.2, 0.25) is 0 Å². The highest BCUT2D eigenvalue weighted by Gasteiger charge is 2.05. The van der Waals surface area contributed by atoms with Gasteiger partial charge in [0.15, 0.2) is 5.13 Å². The zero-order valence-corrected chi connectivity index (χ0v) is 12.7. The van der Waals surface area contributed by atoms with Crippen molar-refractivity contribution in [1.29, 1.82) is 0 Å². The van der Waals surface area contributed by atoms with Crippen LogP contribution in [0, 0.1) is 6.92 Å². The summed E-state index contributed by atoms with van der Waals surface area (Å²) in [7, 11) is 0. The van der Waals surface area contributed by atoms with Gasteiger partial charge in [0.05, 0.1) is 23.9 Å². The van der Waals surface area contributed by atoms with Gasteiger partial charge in [-0.05, 0) is 24.6 Å². The summed E-state index contributed by atoms with van der Waals surface area (Å²) in [6.07, 6.45) is 4.98. The maximum absolute atomic E-state index is 11.8. The molecule has 0 saturated carbocycles. The summed E-state index contributed by atoms with van der Waals surface area (Å²) in [6, 6.07) is 5.38. The normalized spacial score (nSPS) is 10.4. The number of nitrogens with one attached hydrogen (secondary N) is 2. The summed E-state index contributed by atoms with van der Waals surface area (Å²) < 4.78 is 5.03. The Morgan fingerprint density at radius 1 is 1.36 bits per heavy atom. The van der Waals surface area contributed by atoms with Crippen molar-refractivity contribution in [2.75, 3.05) is 5.32 Å². The molecule has 0 radical (unpaired) electrons. The Bertz CT molecular complexity index is 750. The molecule has 0 aromatic carbocycles. The average Bonchev–Trinajstić information content (AvgIpc) is 3.18. The lowest BCUT2D eigenvalue weighted by Gasteiger charge is -2.06.